The molecule has 0 unspecified atom stereocenters. The highest BCUT2D eigenvalue weighted by Crippen LogP contribution is 2.13. The van der Waals surface area contributed by atoms with Crippen LogP contribution in [0, 0.1) is 11.6 Å². The smallest absolute Gasteiger partial charge is 0.220 e. The first-order chi connectivity index (χ1) is 6.29. The molecule has 1 aromatic rings. The molecule has 13 heavy (non-hydrogen) atoms. The molecule has 2 rings (SSSR count). The van der Waals surface area contributed by atoms with Gasteiger partial charge in [-0.3, -0.25) is 0 Å². The molecular weight excluding hydrogens is 172 g/mol. The van der Waals surface area contributed by atoms with Crippen LogP contribution in [0.3, 0.4) is 0 Å². The molecular formula is C10H8F2N+. The first kappa shape index (κ1) is 8.13. The van der Waals surface area contributed by atoms with Gasteiger partial charge in [0.1, 0.15) is 12.4 Å². The van der Waals surface area contributed by atoms with Crippen molar-refractivity contribution in [2.24, 2.45) is 0 Å². The zero-order chi connectivity index (χ0) is 9.26. The predicted molar refractivity (Wildman–Crippen MR) is 45.3 cm³/mol. The van der Waals surface area contributed by atoms with Crippen LogP contribution in [0.2, 0.25) is 0 Å². The lowest BCUT2D eigenvalue weighted by molar-refractivity contribution is -0.711. The topological polar surface area (TPSA) is 4.44 Å². The van der Waals surface area contributed by atoms with E-state index < -0.39 is 11.6 Å². The minimum Gasteiger partial charge on any atom is -0.248 e. The number of halogens is 2. The van der Waals surface area contributed by atoms with Crippen LogP contribution in [-0.4, -0.2) is 0 Å². The van der Waals surface area contributed by atoms with E-state index in [1.54, 1.807) is 30.6 Å². The molecule has 1 aliphatic rings. The zero-order valence-electron chi connectivity index (χ0n) is 6.80. The predicted octanol–water partition coefficient (Wildman–Crippen LogP) is 1.52. The van der Waals surface area contributed by atoms with Gasteiger partial charge in [0.2, 0.25) is 5.82 Å². The van der Waals surface area contributed by atoms with Gasteiger partial charge in [-0.2, -0.15) is 4.39 Å². The molecule has 1 N–H and O–H groups in total. The minimum atomic E-state index is -0.807. The summed E-state index contributed by atoms with van der Waals surface area (Å²) in [5, 5.41) is 0. The number of hydrogen-bond acceptors (Lipinski definition) is 0. The Morgan fingerprint density at radius 1 is 1.00 bits per heavy atom. The van der Waals surface area contributed by atoms with Crippen LogP contribution in [0.15, 0.2) is 42.8 Å². The van der Waals surface area contributed by atoms with E-state index >= 15 is 0 Å². The van der Waals surface area contributed by atoms with Gasteiger partial charge in [-0.15, -0.1) is 0 Å². The Bertz CT molecular complexity index is 371. The van der Waals surface area contributed by atoms with Crippen LogP contribution in [0.4, 0.5) is 14.5 Å². The van der Waals surface area contributed by atoms with Gasteiger partial charge >= 0.3 is 0 Å². The number of benzene rings is 1. The molecule has 0 saturated carbocycles. The van der Waals surface area contributed by atoms with E-state index in [0.29, 0.717) is 10.6 Å². The largest absolute Gasteiger partial charge is 0.248 e. The normalized spacial score (nSPS) is 15.5. The molecule has 66 valence electrons. The van der Waals surface area contributed by atoms with Gasteiger partial charge in [-0.1, -0.05) is 6.07 Å². The van der Waals surface area contributed by atoms with Crippen molar-refractivity contribution in [2.75, 3.05) is 0 Å². The van der Waals surface area contributed by atoms with Crippen molar-refractivity contribution in [2.45, 2.75) is 0 Å². The summed E-state index contributed by atoms with van der Waals surface area (Å²) in [7, 11) is 0. The quantitative estimate of drug-likeness (QED) is 0.668. The van der Waals surface area contributed by atoms with Crippen molar-refractivity contribution in [1.29, 1.82) is 0 Å². The van der Waals surface area contributed by atoms with Crippen molar-refractivity contribution < 1.29 is 13.7 Å². The van der Waals surface area contributed by atoms with Gasteiger partial charge < -0.3 is 0 Å². The Balaban J connectivity index is 2.45. The van der Waals surface area contributed by atoms with Crippen molar-refractivity contribution in [1.82, 2.24) is 0 Å². The monoisotopic (exact) mass is 180 g/mol. The van der Waals surface area contributed by atoms with Gasteiger partial charge in [-0.05, 0) is 18.2 Å². The summed E-state index contributed by atoms with van der Waals surface area (Å²) < 4.78 is 26.0. The number of quaternary nitrogens is 1. The van der Waals surface area contributed by atoms with Crippen molar-refractivity contribution in [3.05, 3.63) is 54.4 Å². The second kappa shape index (κ2) is 3.11. The molecule has 1 aromatic carbocycles. The Morgan fingerprint density at radius 3 is 2.38 bits per heavy atom. The maximum Gasteiger partial charge on any atom is 0.220 e. The average molecular weight is 180 g/mol. The van der Waals surface area contributed by atoms with E-state index in [0.717, 1.165) is 6.07 Å². The third-order valence-electron chi connectivity index (χ3n) is 1.93. The van der Waals surface area contributed by atoms with Crippen molar-refractivity contribution >= 4 is 5.69 Å². The van der Waals surface area contributed by atoms with Crippen molar-refractivity contribution in [3.8, 4) is 0 Å². The lowest BCUT2D eigenvalue weighted by Gasteiger charge is -2.06. The molecule has 1 aliphatic heterocycles. The summed E-state index contributed by atoms with van der Waals surface area (Å²) >= 11 is 0. The molecule has 1 heterocycles. The highest BCUT2D eigenvalue weighted by Gasteiger charge is 2.17. The third-order valence-corrected chi connectivity index (χ3v) is 1.93. The Kier molecular flexibility index (Phi) is 1.94. The van der Waals surface area contributed by atoms with E-state index in [-0.39, 0.29) is 0 Å². The SMILES string of the molecule is Fc1cccc([NH+]2C=CC=C2)c1F. The summed E-state index contributed by atoms with van der Waals surface area (Å²) in [6, 6.07) is 4.18. The Hall–Kier alpha value is -1.48. The fourth-order valence-electron chi connectivity index (χ4n) is 1.28. The summed E-state index contributed by atoms with van der Waals surface area (Å²) in [6.07, 6.45) is 7.08. The second-order valence-corrected chi connectivity index (χ2v) is 2.77. The van der Waals surface area contributed by atoms with Crippen LogP contribution < -0.4 is 4.90 Å². The second-order valence-electron chi connectivity index (χ2n) is 2.77. The van der Waals surface area contributed by atoms with Crippen LogP contribution in [0.25, 0.3) is 0 Å². The summed E-state index contributed by atoms with van der Waals surface area (Å²) in [5.74, 6) is -1.59. The van der Waals surface area contributed by atoms with Gasteiger partial charge in [-0.25, -0.2) is 9.29 Å². The molecule has 0 radical (unpaired) electrons. The Labute approximate surface area is 74.6 Å². The fraction of sp³-hybridized carbons (Fsp3) is 0. The third kappa shape index (κ3) is 1.38. The maximum atomic E-state index is 13.2. The summed E-state index contributed by atoms with van der Waals surface area (Å²) in [6.45, 7) is 0. The lowest BCUT2D eigenvalue weighted by Crippen LogP contribution is -2.96. The first-order valence-electron chi connectivity index (χ1n) is 3.95. The molecule has 0 bridgehead atoms. The highest BCUT2D eigenvalue weighted by molar-refractivity contribution is 5.33. The number of allylic oxidation sites excluding steroid dienone is 2. The number of nitrogens with one attached hydrogen (secondary N) is 1. The average Bonchev–Trinajstić information content (AvgIpc) is 2.62. The number of hydrogen-bond donors (Lipinski definition) is 1. The summed E-state index contributed by atoms with van der Waals surface area (Å²) in [5.41, 5.74) is 0.310. The molecule has 0 saturated heterocycles. The lowest BCUT2D eigenvalue weighted by atomic mass is 10.3. The molecule has 0 atom stereocenters. The van der Waals surface area contributed by atoms with Gasteiger partial charge in [0.25, 0.3) is 0 Å². The first-order valence-corrected chi connectivity index (χ1v) is 3.95. The van der Waals surface area contributed by atoms with Gasteiger partial charge in [0.15, 0.2) is 11.5 Å². The number of rotatable bonds is 1. The zero-order valence-corrected chi connectivity index (χ0v) is 6.80. The molecule has 0 aromatic heterocycles. The van der Waals surface area contributed by atoms with Gasteiger partial charge in [0.05, 0.1) is 0 Å². The Morgan fingerprint density at radius 2 is 1.69 bits per heavy atom. The van der Waals surface area contributed by atoms with E-state index in [4.69, 9.17) is 0 Å². The molecule has 0 fully saturated rings. The standard InChI is InChI=1S/C10H7F2N/c11-8-4-3-5-9(10(8)12)13-6-1-2-7-13/h1-7H/p+1. The van der Waals surface area contributed by atoms with Crippen LogP contribution in [0.1, 0.15) is 0 Å². The van der Waals surface area contributed by atoms with E-state index in [1.165, 1.54) is 6.07 Å². The van der Waals surface area contributed by atoms with E-state index in [2.05, 4.69) is 0 Å². The van der Waals surface area contributed by atoms with Crippen LogP contribution in [-0.2, 0) is 0 Å². The van der Waals surface area contributed by atoms with Crippen LogP contribution >= 0.6 is 0 Å². The van der Waals surface area contributed by atoms with E-state index in [9.17, 15) is 8.78 Å². The maximum absolute atomic E-state index is 13.2. The van der Waals surface area contributed by atoms with E-state index in [1.807, 2.05) is 0 Å². The molecule has 0 spiro atoms. The molecule has 1 nitrogen and oxygen atoms in total. The van der Waals surface area contributed by atoms with Gasteiger partial charge in [0, 0.05) is 6.07 Å². The molecule has 0 aliphatic carbocycles. The van der Waals surface area contributed by atoms with Crippen LogP contribution in [0.5, 0.6) is 0 Å². The highest BCUT2D eigenvalue weighted by atomic mass is 19.2. The minimum absolute atomic E-state index is 0.310. The fourth-order valence-corrected chi connectivity index (χ4v) is 1.28. The summed E-state index contributed by atoms with van der Waals surface area (Å²) in [4.78, 5) is 0.706. The molecule has 3 heteroatoms. The van der Waals surface area contributed by atoms with Crippen molar-refractivity contribution in [3.63, 3.8) is 0 Å². The molecule has 0 amide bonds.